The van der Waals surface area contributed by atoms with Gasteiger partial charge in [-0.1, -0.05) is 41.9 Å². The lowest BCUT2D eigenvalue weighted by molar-refractivity contribution is -0.130. The molecule has 2 aromatic carbocycles. The Bertz CT molecular complexity index is 720. The molecule has 0 aliphatic heterocycles. The second-order valence-corrected chi connectivity index (χ2v) is 5.58. The fourth-order valence-corrected chi connectivity index (χ4v) is 2.33. The maximum Gasteiger partial charge on any atom is 0.253 e. The molecule has 4 nitrogen and oxygen atoms in total. The zero-order valence-corrected chi connectivity index (χ0v) is 13.5. The van der Waals surface area contributed by atoms with E-state index in [1.165, 1.54) is 11.0 Å². The van der Waals surface area contributed by atoms with Crippen LogP contribution < -0.4 is 5.32 Å². The molecule has 0 saturated carbocycles. The molecule has 0 unspecified atom stereocenters. The van der Waals surface area contributed by atoms with E-state index in [9.17, 15) is 14.0 Å². The Balaban J connectivity index is 2.30. The molecule has 120 valence electrons. The quantitative estimate of drug-likeness (QED) is 0.934. The minimum atomic E-state index is -0.847. The largest absolute Gasteiger partial charge is 0.347 e. The summed E-state index contributed by atoms with van der Waals surface area (Å²) in [7, 11) is 3.21. The fraction of sp³-hybridized carbons (Fsp3) is 0.176. The van der Waals surface area contributed by atoms with Gasteiger partial charge >= 0.3 is 0 Å². The van der Waals surface area contributed by atoms with Crippen molar-refractivity contribution in [3.05, 3.63) is 70.5 Å². The monoisotopic (exact) mass is 334 g/mol. The highest BCUT2D eigenvalue weighted by Crippen LogP contribution is 2.20. The lowest BCUT2D eigenvalue weighted by Crippen LogP contribution is -2.39. The van der Waals surface area contributed by atoms with Gasteiger partial charge in [0.25, 0.3) is 5.91 Å². The van der Waals surface area contributed by atoms with E-state index in [1.807, 2.05) is 6.07 Å². The van der Waals surface area contributed by atoms with Crippen molar-refractivity contribution < 1.29 is 14.0 Å². The predicted molar refractivity (Wildman–Crippen MR) is 86.8 cm³/mol. The highest BCUT2D eigenvalue weighted by atomic mass is 35.5. The first-order chi connectivity index (χ1) is 10.9. The first-order valence-electron chi connectivity index (χ1n) is 6.92. The van der Waals surface area contributed by atoms with Crippen LogP contribution in [0.1, 0.15) is 22.0 Å². The molecule has 2 amide bonds. The normalized spacial score (nSPS) is 11.7. The number of benzene rings is 2. The molecule has 2 aromatic rings. The van der Waals surface area contributed by atoms with E-state index in [0.717, 1.165) is 12.1 Å². The van der Waals surface area contributed by atoms with Gasteiger partial charge in [0.1, 0.15) is 11.9 Å². The van der Waals surface area contributed by atoms with Crippen LogP contribution in [0.15, 0.2) is 48.5 Å². The first-order valence-corrected chi connectivity index (χ1v) is 7.30. The molecule has 0 aromatic heterocycles. The van der Waals surface area contributed by atoms with Crippen LogP contribution in [-0.2, 0) is 4.79 Å². The number of nitrogens with zero attached hydrogens (tertiary/aromatic N) is 1. The van der Waals surface area contributed by atoms with E-state index >= 15 is 0 Å². The van der Waals surface area contributed by atoms with Gasteiger partial charge in [0.05, 0.1) is 10.6 Å². The molecular formula is C17H16ClFN2O2. The van der Waals surface area contributed by atoms with Crippen LogP contribution in [0, 0.1) is 5.82 Å². The molecule has 0 saturated heterocycles. The van der Waals surface area contributed by atoms with Crippen molar-refractivity contribution in [2.45, 2.75) is 6.04 Å². The van der Waals surface area contributed by atoms with Crippen LogP contribution in [0.2, 0.25) is 5.02 Å². The Morgan fingerprint density at radius 1 is 1.13 bits per heavy atom. The molecule has 0 bridgehead atoms. The van der Waals surface area contributed by atoms with Crippen LogP contribution in [0.25, 0.3) is 0 Å². The fourth-order valence-electron chi connectivity index (χ4n) is 2.07. The number of nitrogens with one attached hydrogen (secondary N) is 1. The third-order valence-electron chi connectivity index (χ3n) is 3.27. The van der Waals surface area contributed by atoms with Crippen LogP contribution in [-0.4, -0.2) is 30.8 Å². The standard InChI is InChI=1S/C17H16ClFN2O2/c1-21(2)17(23)15(11-6-4-3-5-7-11)20-16(22)13-9-8-12(19)10-14(13)18/h3-10,15H,1-2H3,(H,20,22)/t15-/m0/s1. The van der Waals surface area contributed by atoms with E-state index in [1.54, 1.807) is 38.4 Å². The van der Waals surface area contributed by atoms with E-state index in [4.69, 9.17) is 11.6 Å². The Kier molecular flexibility index (Phi) is 5.34. The van der Waals surface area contributed by atoms with Crippen LogP contribution in [0.5, 0.6) is 0 Å². The number of rotatable bonds is 4. The molecule has 0 heterocycles. The average molecular weight is 335 g/mol. The summed E-state index contributed by atoms with van der Waals surface area (Å²) in [5.74, 6) is -1.35. The van der Waals surface area contributed by atoms with E-state index in [0.29, 0.717) is 5.56 Å². The maximum absolute atomic E-state index is 13.1. The molecule has 0 aliphatic rings. The number of halogens is 2. The number of hydrogen-bond acceptors (Lipinski definition) is 2. The van der Waals surface area contributed by atoms with E-state index in [2.05, 4.69) is 5.32 Å². The maximum atomic E-state index is 13.1. The number of carbonyl (C=O) groups excluding carboxylic acids is 2. The summed E-state index contributed by atoms with van der Waals surface area (Å²) in [6.45, 7) is 0. The highest BCUT2D eigenvalue weighted by molar-refractivity contribution is 6.33. The minimum absolute atomic E-state index is 0.00777. The molecule has 0 spiro atoms. The van der Waals surface area contributed by atoms with Crippen molar-refractivity contribution in [1.82, 2.24) is 10.2 Å². The first kappa shape index (κ1) is 17.0. The van der Waals surface area contributed by atoms with Crippen molar-refractivity contribution in [3.8, 4) is 0 Å². The lowest BCUT2D eigenvalue weighted by atomic mass is 10.0. The van der Waals surface area contributed by atoms with Gasteiger partial charge in [-0.3, -0.25) is 9.59 Å². The van der Waals surface area contributed by atoms with Crippen molar-refractivity contribution >= 4 is 23.4 Å². The molecule has 0 radical (unpaired) electrons. The minimum Gasteiger partial charge on any atom is -0.347 e. The SMILES string of the molecule is CN(C)C(=O)[C@@H](NC(=O)c1ccc(F)cc1Cl)c1ccccc1. The van der Waals surface area contributed by atoms with Gasteiger partial charge in [-0.05, 0) is 23.8 Å². The second-order valence-electron chi connectivity index (χ2n) is 5.17. The number of carbonyl (C=O) groups is 2. The molecule has 1 atom stereocenters. The number of amides is 2. The van der Waals surface area contributed by atoms with Crippen LogP contribution >= 0.6 is 11.6 Å². The molecule has 0 fully saturated rings. The van der Waals surface area contributed by atoms with Gasteiger partial charge in [-0.2, -0.15) is 0 Å². The summed E-state index contributed by atoms with van der Waals surface area (Å²) in [5.41, 5.74) is 0.762. The van der Waals surface area contributed by atoms with Crippen LogP contribution in [0.4, 0.5) is 4.39 Å². The van der Waals surface area contributed by atoms with Gasteiger partial charge in [0.2, 0.25) is 5.91 Å². The van der Waals surface area contributed by atoms with Gasteiger partial charge in [0.15, 0.2) is 0 Å². The lowest BCUT2D eigenvalue weighted by Gasteiger charge is -2.22. The Morgan fingerprint density at radius 2 is 1.78 bits per heavy atom. The van der Waals surface area contributed by atoms with Gasteiger partial charge in [-0.15, -0.1) is 0 Å². The van der Waals surface area contributed by atoms with Crippen LogP contribution in [0.3, 0.4) is 0 Å². The third-order valence-corrected chi connectivity index (χ3v) is 3.58. The average Bonchev–Trinajstić information content (AvgIpc) is 2.52. The highest BCUT2D eigenvalue weighted by Gasteiger charge is 2.25. The van der Waals surface area contributed by atoms with Crippen molar-refractivity contribution in [2.75, 3.05) is 14.1 Å². The molecule has 1 N–H and O–H groups in total. The number of hydrogen-bond donors (Lipinski definition) is 1. The molecule has 2 rings (SSSR count). The summed E-state index contributed by atoms with van der Waals surface area (Å²) in [6.07, 6.45) is 0. The summed E-state index contributed by atoms with van der Waals surface area (Å²) in [4.78, 5) is 26.2. The summed E-state index contributed by atoms with van der Waals surface area (Å²) < 4.78 is 13.1. The summed E-state index contributed by atoms with van der Waals surface area (Å²) >= 11 is 5.90. The van der Waals surface area contributed by atoms with E-state index < -0.39 is 17.8 Å². The van der Waals surface area contributed by atoms with E-state index in [-0.39, 0.29) is 16.5 Å². The van der Waals surface area contributed by atoms with Gasteiger partial charge < -0.3 is 10.2 Å². The topological polar surface area (TPSA) is 49.4 Å². The smallest absolute Gasteiger partial charge is 0.253 e. The Hall–Kier alpha value is -2.40. The Morgan fingerprint density at radius 3 is 2.35 bits per heavy atom. The summed E-state index contributed by atoms with van der Waals surface area (Å²) in [5, 5.41) is 2.65. The van der Waals surface area contributed by atoms with Crippen molar-refractivity contribution in [3.63, 3.8) is 0 Å². The predicted octanol–water partition coefficient (Wildman–Crippen LogP) is 3.04. The molecular weight excluding hydrogens is 319 g/mol. The zero-order valence-electron chi connectivity index (χ0n) is 12.7. The summed E-state index contributed by atoms with van der Waals surface area (Å²) in [6, 6.07) is 11.5. The van der Waals surface area contributed by atoms with Crippen molar-refractivity contribution in [2.24, 2.45) is 0 Å². The van der Waals surface area contributed by atoms with Gasteiger partial charge in [0, 0.05) is 14.1 Å². The van der Waals surface area contributed by atoms with Crippen molar-refractivity contribution in [1.29, 1.82) is 0 Å². The Labute approximate surface area is 138 Å². The molecule has 23 heavy (non-hydrogen) atoms. The number of likely N-dealkylation sites (N-methyl/N-ethyl adjacent to an activating group) is 1. The zero-order chi connectivity index (χ0) is 17.0. The second kappa shape index (κ2) is 7.24. The molecule has 6 heteroatoms. The third kappa shape index (κ3) is 4.07. The van der Waals surface area contributed by atoms with Gasteiger partial charge in [-0.25, -0.2) is 4.39 Å². The molecule has 0 aliphatic carbocycles.